The first-order valence-electron chi connectivity index (χ1n) is 8.34. The van der Waals surface area contributed by atoms with Gasteiger partial charge in [0, 0.05) is 19.6 Å². The molecule has 1 fully saturated rings. The molecule has 1 atom stereocenters. The van der Waals surface area contributed by atoms with E-state index in [4.69, 9.17) is 10.00 Å². The Labute approximate surface area is 148 Å². The van der Waals surface area contributed by atoms with Crippen LogP contribution in [0.4, 0.5) is 0 Å². The van der Waals surface area contributed by atoms with E-state index in [1.165, 1.54) is 0 Å². The Bertz CT molecular complexity index is 770. The fraction of sp³-hybridized carbons (Fsp3) is 0.300. The van der Waals surface area contributed by atoms with E-state index in [1.54, 1.807) is 24.3 Å². The second-order valence-electron chi connectivity index (χ2n) is 6.17. The van der Waals surface area contributed by atoms with Crippen molar-refractivity contribution in [2.75, 3.05) is 33.3 Å². The van der Waals surface area contributed by atoms with Crippen molar-refractivity contribution in [2.45, 2.75) is 6.04 Å². The number of nitriles is 1. The lowest BCUT2D eigenvalue weighted by molar-refractivity contribution is -0.138. The van der Waals surface area contributed by atoms with Crippen molar-refractivity contribution < 1.29 is 9.53 Å². The van der Waals surface area contributed by atoms with Gasteiger partial charge < -0.3 is 14.5 Å². The first-order valence-corrected chi connectivity index (χ1v) is 8.34. The number of para-hydroxylation sites is 1. The summed E-state index contributed by atoms with van der Waals surface area (Å²) in [6.45, 7) is 2.23. The molecule has 0 bridgehead atoms. The molecular formula is C20H21N3O2. The molecule has 2 aromatic carbocycles. The Hall–Kier alpha value is -2.84. The number of carbonyl (C=O) groups excluding carboxylic acids is 1. The quantitative estimate of drug-likeness (QED) is 0.861. The van der Waals surface area contributed by atoms with E-state index in [2.05, 4.69) is 30.1 Å². The van der Waals surface area contributed by atoms with Crippen molar-refractivity contribution in [3.63, 3.8) is 0 Å². The van der Waals surface area contributed by atoms with Crippen LogP contribution in [-0.4, -0.2) is 49.0 Å². The highest BCUT2D eigenvalue weighted by Crippen LogP contribution is 2.25. The predicted octanol–water partition coefficient (Wildman–Crippen LogP) is 2.45. The van der Waals surface area contributed by atoms with Gasteiger partial charge in [0.25, 0.3) is 5.91 Å². The molecule has 1 heterocycles. The molecule has 0 saturated carbocycles. The number of nitrogens with zero attached hydrogens (tertiary/aromatic N) is 3. The SMILES string of the molecule is CN1CCN(C(=O)COc2ccccc2C#N)C(c2ccccc2)C1. The Morgan fingerprint density at radius 2 is 1.88 bits per heavy atom. The first-order chi connectivity index (χ1) is 12.2. The Morgan fingerprint density at radius 1 is 1.16 bits per heavy atom. The molecule has 0 aliphatic carbocycles. The fourth-order valence-electron chi connectivity index (χ4n) is 3.09. The first kappa shape index (κ1) is 17.0. The maximum absolute atomic E-state index is 12.8. The topological polar surface area (TPSA) is 56.6 Å². The van der Waals surface area contributed by atoms with Crippen LogP contribution in [0.2, 0.25) is 0 Å². The van der Waals surface area contributed by atoms with E-state index in [0.29, 0.717) is 17.9 Å². The molecule has 1 amide bonds. The molecule has 1 unspecified atom stereocenters. The zero-order valence-electron chi connectivity index (χ0n) is 14.3. The van der Waals surface area contributed by atoms with E-state index in [0.717, 1.165) is 18.7 Å². The van der Waals surface area contributed by atoms with Crippen molar-refractivity contribution in [1.82, 2.24) is 9.80 Å². The molecule has 0 aromatic heterocycles. The second-order valence-corrected chi connectivity index (χ2v) is 6.17. The predicted molar refractivity (Wildman–Crippen MR) is 95.0 cm³/mol. The van der Waals surface area contributed by atoms with Crippen molar-refractivity contribution in [2.24, 2.45) is 0 Å². The van der Waals surface area contributed by atoms with Crippen molar-refractivity contribution in [3.8, 4) is 11.8 Å². The summed E-state index contributed by atoms with van der Waals surface area (Å²) in [5.41, 5.74) is 1.56. The van der Waals surface area contributed by atoms with Crippen LogP contribution in [0.1, 0.15) is 17.2 Å². The molecule has 1 aliphatic heterocycles. The van der Waals surface area contributed by atoms with Gasteiger partial charge in [-0.2, -0.15) is 5.26 Å². The summed E-state index contributed by atoms with van der Waals surface area (Å²) in [5, 5.41) is 9.12. The minimum atomic E-state index is -0.0637. The maximum Gasteiger partial charge on any atom is 0.261 e. The molecule has 128 valence electrons. The minimum absolute atomic E-state index is 0.0160. The highest BCUT2D eigenvalue weighted by Gasteiger charge is 2.30. The van der Waals surface area contributed by atoms with Gasteiger partial charge in [0.1, 0.15) is 11.8 Å². The minimum Gasteiger partial charge on any atom is -0.482 e. The lowest BCUT2D eigenvalue weighted by Crippen LogP contribution is -2.50. The summed E-state index contributed by atoms with van der Waals surface area (Å²) in [4.78, 5) is 16.9. The lowest BCUT2D eigenvalue weighted by atomic mass is 10.0. The van der Waals surface area contributed by atoms with Crippen LogP contribution >= 0.6 is 0 Å². The average molecular weight is 335 g/mol. The standard InChI is InChI=1S/C20H21N3O2/c1-22-11-12-23(18(14-22)16-7-3-2-4-8-16)20(24)15-25-19-10-6-5-9-17(19)13-21/h2-10,18H,11-12,14-15H2,1H3. The van der Waals surface area contributed by atoms with Crippen LogP contribution in [0.3, 0.4) is 0 Å². The van der Waals surface area contributed by atoms with Crippen molar-refractivity contribution in [1.29, 1.82) is 5.26 Å². The second kappa shape index (κ2) is 7.82. The average Bonchev–Trinajstić information content (AvgIpc) is 2.67. The van der Waals surface area contributed by atoms with Crippen LogP contribution in [0.5, 0.6) is 5.75 Å². The van der Waals surface area contributed by atoms with Crippen molar-refractivity contribution in [3.05, 3.63) is 65.7 Å². The molecule has 0 N–H and O–H groups in total. The number of piperazine rings is 1. The van der Waals surface area contributed by atoms with Crippen molar-refractivity contribution >= 4 is 5.91 Å². The number of rotatable bonds is 4. The Morgan fingerprint density at radius 3 is 2.64 bits per heavy atom. The molecule has 2 aromatic rings. The molecule has 0 spiro atoms. The number of carbonyl (C=O) groups is 1. The van der Waals surface area contributed by atoms with Gasteiger partial charge in [-0.25, -0.2) is 0 Å². The third kappa shape index (κ3) is 3.98. The van der Waals surface area contributed by atoms with Gasteiger partial charge in [-0.1, -0.05) is 42.5 Å². The van der Waals surface area contributed by atoms with Crippen LogP contribution in [0.15, 0.2) is 54.6 Å². The largest absolute Gasteiger partial charge is 0.482 e. The van der Waals surface area contributed by atoms with E-state index in [-0.39, 0.29) is 18.6 Å². The van der Waals surface area contributed by atoms with Crippen LogP contribution in [0, 0.1) is 11.3 Å². The van der Waals surface area contributed by atoms with Gasteiger partial charge in [0.15, 0.2) is 6.61 Å². The van der Waals surface area contributed by atoms with Crippen LogP contribution in [0.25, 0.3) is 0 Å². The maximum atomic E-state index is 12.8. The van der Waals surface area contributed by atoms with Crippen LogP contribution < -0.4 is 4.74 Å². The van der Waals surface area contributed by atoms with Gasteiger partial charge >= 0.3 is 0 Å². The normalized spacial score (nSPS) is 17.8. The number of ether oxygens (including phenoxy) is 1. The molecule has 1 aliphatic rings. The summed E-state index contributed by atoms with van der Waals surface area (Å²) in [6, 6.07) is 19.1. The number of hydrogen-bond acceptors (Lipinski definition) is 4. The molecule has 1 saturated heterocycles. The summed E-state index contributed by atoms with van der Waals surface area (Å²) < 4.78 is 5.63. The van der Waals surface area contributed by atoms with E-state index in [9.17, 15) is 4.79 Å². The Kier molecular flexibility index (Phi) is 5.32. The lowest BCUT2D eigenvalue weighted by Gasteiger charge is -2.40. The summed E-state index contributed by atoms with van der Waals surface area (Å²) in [5.74, 6) is 0.387. The Balaban J connectivity index is 1.72. The van der Waals surface area contributed by atoms with E-state index >= 15 is 0 Å². The molecule has 25 heavy (non-hydrogen) atoms. The van der Waals surface area contributed by atoms with E-state index in [1.807, 2.05) is 23.1 Å². The smallest absolute Gasteiger partial charge is 0.261 e. The van der Waals surface area contributed by atoms with Gasteiger partial charge in [0.05, 0.1) is 11.6 Å². The zero-order chi connectivity index (χ0) is 17.6. The van der Waals surface area contributed by atoms with E-state index < -0.39 is 0 Å². The molecule has 0 radical (unpaired) electrons. The molecule has 3 rings (SSSR count). The third-order valence-corrected chi connectivity index (χ3v) is 4.45. The summed E-state index contributed by atoms with van der Waals surface area (Å²) in [7, 11) is 2.07. The van der Waals surface area contributed by atoms with Gasteiger partial charge in [-0.15, -0.1) is 0 Å². The summed E-state index contributed by atoms with van der Waals surface area (Å²) >= 11 is 0. The third-order valence-electron chi connectivity index (χ3n) is 4.45. The zero-order valence-corrected chi connectivity index (χ0v) is 14.3. The number of hydrogen-bond donors (Lipinski definition) is 0. The number of likely N-dealkylation sites (N-methyl/N-ethyl adjacent to an activating group) is 1. The fourth-order valence-corrected chi connectivity index (χ4v) is 3.09. The molecule has 5 heteroatoms. The van der Waals surface area contributed by atoms with Gasteiger partial charge in [0.2, 0.25) is 0 Å². The monoisotopic (exact) mass is 335 g/mol. The summed E-state index contributed by atoms with van der Waals surface area (Å²) in [6.07, 6.45) is 0. The van der Waals surface area contributed by atoms with Gasteiger partial charge in [-0.05, 0) is 24.7 Å². The number of benzene rings is 2. The highest BCUT2D eigenvalue weighted by molar-refractivity contribution is 5.78. The van der Waals surface area contributed by atoms with Gasteiger partial charge in [-0.3, -0.25) is 4.79 Å². The molecular weight excluding hydrogens is 314 g/mol. The number of amides is 1. The highest BCUT2D eigenvalue weighted by atomic mass is 16.5. The molecule has 5 nitrogen and oxygen atoms in total. The van der Waals surface area contributed by atoms with Crippen LogP contribution in [-0.2, 0) is 4.79 Å².